The van der Waals surface area contributed by atoms with Gasteiger partial charge in [0.05, 0.1) is 16.1 Å². The minimum absolute atomic E-state index is 0.261. The van der Waals surface area contributed by atoms with Crippen LogP contribution >= 0.6 is 15.9 Å². The van der Waals surface area contributed by atoms with Crippen molar-refractivity contribution in [2.75, 3.05) is 0 Å². The van der Waals surface area contributed by atoms with Crippen LogP contribution in [0.15, 0.2) is 58.2 Å². The molecule has 0 bridgehead atoms. The molecule has 0 aliphatic carbocycles. The standard InChI is InChI=1S/C14H11BrN2O2S/c1-10-14-12(13(15)9-16-10)7-8-17(14)20(18,19)11-5-3-2-4-6-11/h2-9H,1H3. The molecule has 0 aliphatic heterocycles. The molecule has 0 saturated carbocycles. The second-order valence-electron chi connectivity index (χ2n) is 4.38. The van der Waals surface area contributed by atoms with Gasteiger partial charge in [0, 0.05) is 22.3 Å². The lowest BCUT2D eigenvalue weighted by Crippen LogP contribution is -2.12. The molecule has 0 saturated heterocycles. The van der Waals surface area contributed by atoms with E-state index in [-0.39, 0.29) is 4.90 Å². The van der Waals surface area contributed by atoms with Gasteiger partial charge in [0.1, 0.15) is 0 Å². The monoisotopic (exact) mass is 350 g/mol. The van der Waals surface area contributed by atoms with Gasteiger partial charge < -0.3 is 0 Å². The normalized spacial score (nSPS) is 11.9. The molecule has 3 rings (SSSR count). The number of hydrogen-bond acceptors (Lipinski definition) is 3. The van der Waals surface area contributed by atoms with Crippen LogP contribution in [0.3, 0.4) is 0 Å². The molecule has 0 atom stereocenters. The first-order valence-electron chi connectivity index (χ1n) is 5.94. The van der Waals surface area contributed by atoms with Gasteiger partial charge in [-0.05, 0) is 41.1 Å². The predicted octanol–water partition coefficient (Wildman–Crippen LogP) is 3.34. The van der Waals surface area contributed by atoms with Crippen LogP contribution in [0.4, 0.5) is 0 Å². The molecule has 1 aromatic carbocycles. The van der Waals surface area contributed by atoms with Gasteiger partial charge >= 0.3 is 0 Å². The van der Waals surface area contributed by atoms with E-state index in [1.807, 2.05) is 0 Å². The van der Waals surface area contributed by atoms with Crippen molar-refractivity contribution in [3.05, 3.63) is 59.0 Å². The number of pyridine rings is 1. The fourth-order valence-corrected chi connectivity index (χ4v) is 3.99. The molecule has 0 radical (unpaired) electrons. The summed E-state index contributed by atoms with van der Waals surface area (Å²) in [5, 5.41) is 0.831. The van der Waals surface area contributed by atoms with E-state index in [9.17, 15) is 8.42 Å². The minimum Gasteiger partial charge on any atom is -0.258 e. The third-order valence-electron chi connectivity index (χ3n) is 3.12. The van der Waals surface area contributed by atoms with E-state index in [1.54, 1.807) is 55.7 Å². The van der Waals surface area contributed by atoms with Gasteiger partial charge in [-0.15, -0.1) is 0 Å². The summed E-state index contributed by atoms with van der Waals surface area (Å²) in [4.78, 5) is 4.48. The average Bonchev–Trinajstić information content (AvgIpc) is 2.91. The van der Waals surface area contributed by atoms with Crippen LogP contribution in [-0.2, 0) is 10.0 Å². The second-order valence-corrected chi connectivity index (χ2v) is 7.05. The highest BCUT2D eigenvalue weighted by Crippen LogP contribution is 2.28. The predicted molar refractivity (Wildman–Crippen MR) is 81.2 cm³/mol. The average molecular weight is 351 g/mol. The highest BCUT2D eigenvalue weighted by molar-refractivity contribution is 9.10. The molecule has 2 aromatic heterocycles. The van der Waals surface area contributed by atoms with E-state index in [1.165, 1.54) is 3.97 Å². The Kier molecular flexibility index (Phi) is 3.14. The Labute approximate surface area is 125 Å². The molecular formula is C14H11BrN2O2S. The van der Waals surface area contributed by atoms with Crippen LogP contribution in [0.5, 0.6) is 0 Å². The Morgan fingerprint density at radius 1 is 1.15 bits per heavy atom. The Morgan fingerprint density at radius 3 is 2.55 bits per heavy atom. The first-order chi connectivity index (χ1) is 9.51. The molecule has 0 aliphatic rings. The number of aryl methyl sites for hydroxylation is 1. The van der Waals surface area contributed by atoms with Gasteiger partial charge in [0.25, 0.3) is 10.0 Å². The van der Waals surface area contributed by atoms with Crippen molar-refractivity contribution in [3.8, 4) is 0 Å². The summed E-state index contributed by atoms with van der Waals surface area (Å²) >= 11 is 3.40. The lowest BCUT2D eigenvalue weighted by atomic mass is 10.3. The van der Waals surface area contributed by atoms with Gasteiger partial charge in [-0.3, -0.25) is 4.98 Å². The van der Waals surface area contributed by atoms with Crippen molar-refractivity contribution < 1.29 is 8.42 Å². The van der Waals surface area contributed by atoms with Crippen molar-refractivity contribution >= 4 is 36.9 Å². The van der Waals surface area contributed by atoms with Gasteiger partial charge in [-0.2, -0.15) is 0 Å². The largest absolute Gasteiger partial charge is 0.268 e. The highest BCUT2D eigenvalue weighted by atomic mass is 79.9. The number of benzene rings is 1. The van der Waals surface area contributed by atoms with Gasteiger partial charge in [0.15, 0.2) is 0 Å². The Balaban J connectivity index is 2.34. The third-order valence-corrected chi connectivity index (χ3v) is 5.45. The topological polar surface area (TPSA) is 52.0 Å². The van der Waals surface area contributed by atoms with Crippen LogP contribution in [0.1, 0.15) is 5.69 Å². The number of nitrogens with zero attached hydrogens (tertiary/aromatic N) is 2. The maximum Gasteiger partial charge on any atom is 0.268 e. The zero-order valence-corrected chi connectivity index (χ0v) is 13.0. The van der Waals surface area contributed by atoms with Crippen molar-refractivity contribution in [1.29, 1.82) is 0 Å². The van der Waals surface area contributed by atoms with Crippen molar-refractivity contribution in [3.63, 3.8) is 0 Å². The Hall–Kier alpha value is -1.66. The molecule has 0 spiro atoms. The first kappa shape index (κ1) is 13.3. The quantitative estimate of drug-likeness (QED) is 0.712. The molecule has 0 amide bonds. The summed E-state index contributed by atoms with van der Waals surface area (Å²) in [6.07, 6.45) is 3.24. The fourth-order valence-electron chi connectivity index (χ4n) is 2.15. The molecular weight excluding hydrogens is 340 g/mol. The summed E-state index contributed by atoms with van der Waals surface area (Å²) in [7, 11) is -3.61. The Morgan fingerprint density at radius 2 is 1.85 bits per heavy atom. The van der Waals surface area contributed by atoms with Crippen LogP contribution in [0, 0.1) is 6.92 Å². The van der Waals surface area contributed by atoms with E-state index in [4.69, 9.17) is 0 Å². The zero-order chi connectivity index (χ0) is 14.3. The maximum absolute atomic E-state index is 12.7. The zero-order valence-electron chi connectivity index (χ0n) is 10.6. The number of hydrogen-bond donors (Lipinski definition) is 0. The SMILES string of the molecule is Cc1ncc(Br)c2ccn(S(=O)(=O)c3ccccc3)c12. The molecule has 4 nitrogen and oxygen atoms in total. The summed E-state index contributed by atoms with van der Waals surface area (Å²) in [6, 6.07) is 10.1. The highest BCUT2D eigenvalue weighted by Gasteiger charge is 2.20. The summed E-state index contributed by atoms with van der Waals surface area (Å²) in [5.41, 5.74) is 1.27. The van der Waals surface area contributed by atoms with Crippen LogP contribution in [-0.4, -0.2) is 17.4 Å². The van der Waals surface area contributed by atoms with Crippen molar-refractivity contribution in [2.45, 2.75) is 11.8 Å². The van der Waals surface area contributed by atoms with Crippen LogP contribution in [0.2, 0.25) is 0 Å². The van der Waals surface area contributed by atoms with Crippen LogP contribution < -0.4 is 0 Å². The van der Waals surface area contributed by atoms with Crippen molar-refractivity contribution in [1.82, 2.24) is 8.96 Å². The van der Waals surface area contributed by atoms with E-state index < -0.39 is 10.0 Å². The molecule has 3 aromatic rings. The minimum atomic E-state index is -3.61. The molecule has 2 heterocycles. The molecule has 0 N–H and O–H groups in total. The molecule has 20 heavy (non-hydrogen) atoms. The van der Waals surface area contributed by atoms with Crippen molar-refractivity contribution in [2.24, 2.45) is 0 Å². The first-order valence-corrected chi connectivity index (χ1v) is 8.18. The second kappa shape index (κ2) is 4.71. The molecule has 102 valence electrons. The molecule has 0 unspecified atom stereocenters. The van der Waals surface area contributed by atoms with Gasteiger partial charge in [0.2, 0.25) is 0 Å². The summed E-state index contributed by atoms with van der Waals surface area (Å²) in [5.74, 6) is 0. The summed E-state index contributed by atoms with van der Waals surface area (Å²) in [6.45, 7) is 1.80. The smallest absolute Gasteiger partial charge is 0.258 e. The molecule has 0 fully saturated rings. The van der Waals surface area contributed by atoms with Gasteiger partial charge in [-0.25, -0.2) is 12.4 Å². The van der Waals surface area contributed by atoms with E-state index >= 15 is 0 Å². The molecule has 6 heteroatoms. The number of halogens is 1. The van der Waals surface area contributed by atoms with E-state index in [2.05, 4.69) is 20.9 Å². The Bertz CT molecular complexity index is 886. The lowest BCUT2D eigenvalue weighted by Gasteiger charge is -2.09. The lowest BCUT2D eigenvalue weighted by molar-refractivity contribution is 0.589. The van der Waals surface area contributed by atoms with Crippen LogP contribution in [0.25, 0.3) is 10.9 Å². The number of fused-ring (bicyclic) bond motifs is 1. The maximum atomic E-state index is 12.7. The number of rotatable bonds is 2. The van der Waals surface area contributed by atoms with E-state index in [0.29, 0.717) is 11.2 Å². The fraction of sp³-hybridized carbons (Fsp3) is 0.0714. The third kappa shape index (κ3) is 1.96. The van der Waals surface area contributed by atoms with E-state index in [0.717, 1.165) is 9.86 Å². The summed E-state index contributed by atoms with van der Waals surface area (Å²) < 4.78 is 27.4. The van der Waals surface area contributed by atoms with Gasteiger partial charge in [-0.1, -0.05) is 18.2 Å². The number of aromatic nitrogens is 2.